The molecule has 1 aliphatic heterocycles. The van der Waals surface area contributed by atoms with Crippen molar-refractivity contribution >= 4 is 33.0 Å². The molecular formula is C11H14BrNOS. The van der Waals surface area contributed by atoms with E-state index in [0.29, 0.717) is 0 Å². The van der Waals surface area contributed by atoms with Gasteiger partial charge in [-0.1, -0.05) is 15.9 Å². The van der Waals surface area contributed by atoms with Gasteiger partial charge in [-0.15, -0.1) is 11.3 Å². The fourth-order valence-electron chi connectivity index (χ4n) is 1.86. The van der Waals surface area contributed by atoms with Crippen LogP contribution in [0.4, 0.5) is 0 Å². The van der Waals surface area contributed by atoms with Gasteiger partial charge in [0.1, 0.15) is 5.78 Å². The summed E-state index contributed by atoms with van der Waals surface area (Å²) in [5, 5.41) is 4.29. The van der Waals surface area contributed by atoms with Gasteiger partial charge in [0.05, 0.1) is 6.04 Å². The molecule has 1 atom stereocenters. The summed E-state index contributed by atoms with van der Waals surface area (Å²) < 4.78 is 0. The van der Waals surface area contributed by atoms with Gasteiger partial charge in [-0.05, 0) is 31.4 Å². The second kappa shape index (κ2) is 4.76. The standard InChI is InChI=1S/C11H14BrNOS/c1-7(14)10-5-8-4-9(2-3-12)15-11(8)6-13-10/h4,10,13H,2-3,5-6H2,1H3. The van der Waals surface area contributed by atoms with Gasteiger partial charge in [-0.3, -0.25) is 4.79 Å². The predicted molar refractivity (Wildman–Crippen MR) is 66.8 cm³/mol. The fourth-order valence-corrected chi connectivity index (χ4v) is 3.70. The lowest BCUT2D eigenvalue weighted by Crippen LogP contribution is -2.39. The number of thiophene rings is 1. The maximum absolute atomic E-state index is 11.3. The van der Waals surface area contributed by atoms with E-state index in [1.165, 1.54) is 15.3 Å². The van der Waals surface area contributed by atoms with Crippen LogP contribution in [-0.2, 0) is 24.2 Å². The second-order valence-corrected chi connectivity index (χ2v) is 5.86. The molecule has 15 heavy (non-hydrogen) atoms. The summed E-state index contributed by atoms with van der Waals surface area (Å²) in [6.07, 6.45) is 1.95. The zero-order valence-corrected chi connectivity index (χ0v) is 11.1. The summed E-state index contributed by atoms with van der Waals surface area (Å²) in [4.78, 5) is 14.1. The second-order valence-electron chi connectivity index (χ2n) is 3.85. The van der Waals surface area contributed by atoms with Gasteiger partial charge in [0, 0.05) is 21.6 Å². The molecule has 0 radical (unpaired) electrons. The number of nitrogens with one attached hydrogen (secondary N) is 1. The lowest BCUT2D eigenvalue weighted by Gasteiger charge is -2.21. The first kappa shape index (κ1) is 11.3. The summed E-state index contributed by atoms with van der Waals surface area (Å²) in [5.41, 5.74) is 1.37. The molecule has 1 aromatic rings. The van der Waals surface area contributed by atoms with Crippen LogP contribution in [0.25, 0.3) is 0 Å². The number of halogens is 1. The topological polar surface area (TPSA) is 29.1 Å². The smallest absolute Gasteiger partial charge is 0.147 e. The molecule has 0 aromatic carbocycles. The lowest BCUT2D eigenvalue weighted by atomic mass is 9.99. The van der Waals surface area contributed by atoms with Gasteiger partial charge in [0.2, 0.25) is 0 Å². The van der Waals surface area contributed by atoms with Crippen molar-refractivity contribution in [1.29, 1.82) is 0 Å². The van der Waals surface area contributed by atoms with Crippen LogP contribution in [0.1, 0.15) is 22.2 Å². The molecule has 82 valence electrons. The van der Waals surface area contributed by atoms with E-state index in [-0.39, 0.29) is 11.8 Å². The van der Waals surface area contributed by atoms with Crippen molar-refractivity contribution in [3.8, 4) is 0 Å². The number of carbonyl (C=O) groups is 1. The van der Waals surface area contributed by atoms with Crippen LogP contribution in [0.3, 0.4) is 0 Å². The monoisotopic (exact) mass is 287 g/mol. The molecule has 0 fully saturated rings. The molecule has 2 nitrogen and oxygen atoms in total. The molecule has 2 heterocycles. The molecule has 1 aliphatic rings. The number of hydrogen-bond donors (Lipinski definition) is 1. The summed E-state index contributed by atoms with van der Waals surface area (Å²) in [5.74, 6) is 0.244. The molecule has 1 unspecified atom stereocenters. The van der Waals surface area contributed by atoms with Gasteiger partial charge in [0.15, 0.2) is 0 Å². The maximum atomic E-state index is 11.3. The average Bonchev–Trinajstić information content (AvgIpc) is 2.59. The van der Waals surface area contributed by atoms with Crippen molar-refractivity contribution in [2.45, 2.75) is 32.4 Å². The Balaban J connectivity index is 2.15. The highest BCUT2D eigenvalue weighted by Crippen LogP contribution is 2.27. The van der Waals surface area contributed by atoms with Crippen molar-refractivity contribution in [3.05, 3.63) is 21.4 Å². The number of fused-ring (bicyclic) bond motifs is 1. The van der Waals surface area contributed by atoms with Gasteiger partial charge in [-0.2, -0.15) is 0 Å². The van der Waals surface area contributed by atoms with Crippen molar-refractivity contribution in [3.63, 3.8) is 0 Å². The van der Waals surface area contributed by atoms with Crippen molar-refractivity contribution in [2.75, 3.05) is 5.33 Å². The zero-order valence-electron chi connectivity index (χ0n) is 8.68. The highest BCUT2D eigenvalue weighted by Gasteiger charge is 2.22. The molecule has 2 rings (SSSR count). The Kier molecular flexibility index (Phi) is 3.59. The van der Waals surface area contributed by atoms with E-state index in [9.17, 15) is 4.79 Å². The average molecular weight is 288 g/mol. The van der Waals surface area contributed by atoms with Crippen LogP contribution in [0, 0.1) is 0 Å². The summed E-state index contributed by atoms with van der Waals surface area (Å²) in [7, 11) is 0. The molecule has 1 N–H and O–H groups in total. The summed E-state index contributed by atoms with van der Waals surface area (Å²) in [6.45, 7) is 2.51. The minimum atomic E-state index is 0.0314. The van der Waals surface area contributed by atoms with Gasteiger partial charge >= 0.3 is 0 Å². The SMILES string of the molecule is CC(=O)C1Cc2cc(CCBr)sc2CN1. The molecule has 0 saturated heterocycles. The number of alkyl halides is 1. The molecule has 0 spiro atoms. The van der Waals surface area contributed by atoms with E-state index in [2.05, 4.69) is 27.3 Å². The fraction of sp³-hybridized carbons (Fsp3) is 0.545. The minimum Gasteiger partial charge on any atom is -0.302 e. The van der Waals surface area contributed by atoms with Crippen LogP contribution in [0.15, 0.2) is 6.07 Å². The van der Waals surface area contributed by atoms with E-state index < -0.39 is 0 Å². The molecule has 0 amide bonds. The molecule has 0 aliphatic carbocycles. The first-order chi connectivity index (χ1) is 7.20. The van der Waals surface area contributed by atoms with E-state index in [4.69, 9.17) is 0 Å². The highest BCUT2D eigenvalue weighted by atomic mass is 79.9. The summed E-state index contributed by atoms with van der Waals surface area (Å²) >= 11 is 5.32. The molecule has 0 bridgehead atoms. The zero-order chi connectivity index (χ0) is 10.8. The Hall–Kier alpha value is -0.190. The highest BCUT2D eigenvalue weighted by molar-refractivity contribution is 9.09. The number of ketones is 1. The Morgan fingerprint density at radius 2 is 2.53 bits per heavy atom. The van der Waals surface area contributed by atoms with E-state index >= 15 is 0 Å². The third kappa shape index (κ3) is 2.49. The Bertz CT molecular complexity index is 375. The van der Waals surface area contributed by atoms with Crippen LogP contribution < -0.4 is 5.32 Å². The van der Waals surface area contributed by atoms with E-state index in [0.717, 1.165) is 24.7 Å². The van der Waals surface area contributed by atoms with Gasteiger partial charge in [0.25, 0.3) is 0 Å². The van der Waals surface area contributed by atoms with E-state index in [1.54, 1.807) is 6.92 Å². The normalized spacial score (nSPS) is 20.0. The number of carbonyl (C=O) groups excluding carboxylic acids is 1. The third-order valence-electron chi connectivity index (χ3n) is 2.71. The maximum Gasteiger partial charge on any atom is 0.147 e. The van der Waals surface area contributed by atoms with Crippen molar-refractivity contribution in [2.24, 2.45) is 0 Å². The lowest BCUT2D eigenvalue weighted by molar-refractivity contribution is -0.119. The van der Waals surface area contributed by atoms with Gasteiger partial charge < -0.3 is 5.32 Å². The quantitative estimate of drug-likeness (QED) is 0.865. The first-order valence-electron chi connectivity index (χ1n) is 5.11. The van der Waals surface area contributed by atoms with Crippen molar-refractivity contribution < 1.29 is 4.79 Å². The summed E-state index contributed by atoms with van der Waals surface area (Å²) in [6, 6.07) is 2.29. The first-order valence-corrected chi connectivity index (χ1v) is 7.04. The van der Waals surface area contributed by atoms with Gasteiger partial charge in [-0.25, -0.2) is 0 Å². The van der Waals surface area contributed by atoms with Crippen LogP contribution in [-0.4, -0.2) is 17.2 Å². The molecule has 4 heteroatoms. The Morgan fingerprint density at radius 3 is 3.20 bits per heavy atom. The van der Waals surface area contributed by atoms with Crippen LogP contribution in [0.5, 0.6) is 0 Å². The number of hydrogen-bond acceptors (Lipinski definition) is 3. The molecule has 0 saturated carbocycles. The van der Waals surface area contributed by atoms with E-state index in [1.807, 2.05) is 11.3 Å². The third-order valence-corrected chi connectivity index (χ3v) is 4.35. The van der Waals surface area contributed by atoms with Crippen LogP contribution >= 0.6 is 27.3 Å². The minimum absolute atomic E-state index is 0.0314. The van der Waals surface area contributed by atoms with Crippen LogP contribution in [0.2, 0.25) is 0 Å². The largest absolute Gasteiger partial charge is 0.302 e. The number of rotatable bonds is 3. The Labute approximate surface area is 102 Å². The Morgan fingerprint density at radius 1 is 1.73 bits per heavy atom. The number of Topliss-reactive ketones (excluding diaryl/α,β-unsaturated/α-hetero) is 1. The molecular weight excluding hydrogens is 274 g/mol. The predicted octanol–water partition coefficient (Wildman–Crippen LogP) is 2.29. The van der Waals surface area contributed by atoms with Crippen molar-refractivity contribution in [1.82, 2.24) is 5.32 Å². The number of aryl methyl sites for hydroxylation is 1. The molecule has 1 aromatic heterocycles.